The van der Waals surface area contributed by atoms with E-state index < -0.39 is 23.5 Å². The van der Waals surface area contributed by atoms with Crippen molar-refractivity contribution < 1.29 is 28.2 Å². The summed E-state index contributed by atoms with van der Waals surface area (Å²) in [5.41, 5.74) is 4.47. The Morgan fingerprint density at radius 3 is 2.73 bits per heavy atom. The van der Waals surface area contributed by atoms with Gasteiger partial charge in [0.05, 0.1) is 30.6 Å². The highest BCUT2D eigenvalue weighted by Gasteiger charge is 2.33. The molecule has 1 fully saturated rings. The molecular weight excluding hydrogens is 480 g/mol. The first-order valence-corrected chi connectivity index (χ1v) is 12.8. The standard InChI is InChI=1S/C28H31F2N3O4/c1-16(18-6-8-22(29)23(30)13-18)14-33-24-9-7-17-10-11-32(28(36)37-2)15-21(17)25(24)31-26(33)19-4-3-5-20(12-19)27(34)35/h6-9,13,16,19-20H,3-5,10-12,14-15H2,1-2H3,(H,34,35)/t16-,19-,20-/m1/s1. The average molecular weight is 512 g/mol. The number of methoxy groups -OCH3 is 1. The molecule has 0 unspecified atom stereocenters. The van der Waals surface area contributed by atoms with E-state index in [1.54, 1.807) is 11.0 Å². The summed E-state index contributed by atoms with van der Waals surface area (Å²) in [5.74, 6) is -2.32. The molecule has 1 aliphatic carbocycles. The van der Waals surface area contributed by atoms with Crippen molar-refractivity contribution in [1.29, 1.82) is 0 Å². The molecule has 2 aliphatic rings. The molecule has 2 aromatic carbocycles. The van der Waals surface area contributed by atoms with E-state index in [9.17, 15) is 23.5 Å². The summed E-state index contributed by atoms with van der Waals surface area (Å²) in [6.45, 7) is 3.39. The molecule has 0 bridgehead atoms. The number of fused-ring (bicyclic) bond motifs is 3. The molecular formula is C28H31F2N3O4. The van der Waals surface area contributed by atoms with Gasteiger partial charge in [-0.15, -0.1) is 0 Å². The monoisotopic (exact) mass is 511 g/mol. The number of halogens is 2. The van der Waals surface area contributed by atoms with E-state index in [4.69, 9.17) is 9.72 Å². The van der Waals surface area contributed by atoms with Crippen LogP contribution < -0.4 is 0 Å². The number of carbonyl (C=O) groups excluding carboxylic acids is 1. The van der Waals surface area contributed by atoms with Gasteiger partial charge in [-0.05, 0) is 60.9 Å². The number of amides is 1. The molecule has 3 atom stereocenters. The van der Waals surface area contributed by atoms with Crippen LogP contribution in [0.25, 0.3) is 11.0 Å². The molecule has 37 heavy (non-hydrogen) atoms. The van der Waals surface area contributed by atoms with Gasteiger partial charge in [0.15, 0.2) is 11.6 Å². The minimum Gasteiger partial charge on any atom is -0.481 e. The molecule has 0 radical (unpaired) electrons. The van der Waals surface area contributed by atoms with Crippen LogP contribution in [-0.4, -0.2) is 45.3 Å². The Bertz CT molecular complexity index is 1350. The van der Waals surface area contributed by atoms with Crippen LogP contribution in [0, 0.1) is 17.6 Å². The maximum Gasteiger partial charge on any atom is 0.409 e. The number of benzene rings is 2. The van der Waals surface area contributed by atoms with E-state index in [2.05, 4.69) is 10.6 Å². The smallest absolute Gasteiger partial charge is 0.409 e. The van der Waals surface area contributed by atoms with E-state index in [1.807, 2.05) is 13.0 Å². The van der Waals surface area contributed by atoms with Gasteiger partial charge < -0.3 is 19.3 Å². The molecule has 3 aromatic rings. The summed E-state index contributed by atoms with van der Waals surface area (Å²) >= 11 is 0. The predicted molar refractivity (Wildman–Crippen MR) is 133 cm³/mol. The second-order valence-corrected chi connectivity index (χ2v) is 10.3. The van der Waals surface area contributed by atoms with Crippen LogP contribution in [0.5, 0.6) is 0 Å². The zero-order valence-electron chi connectivity index (χ0n) is 21.0. The minimum atomic E-state index is -0.881. The Morgan fingerprint density at radius 1 is 1.19 bits per heavy atom. The summed E-state index contributed by atoms with van der Waals surface area (Å²) in [6, 6.07) is 8.07. The van der Waals surface area contributed by atoms with Crippen LogP contribution in [0.3, 0.4) is 0 Å². The Morgan fingerprint density at radius 2 is 2.00 bits per heavy atom. The van der Waals surface area contributed by atoms with Gasteiger partial charge in [-0.25, -0.2) is 18.6 Å². The highest BCUT2D eigenvalue weighted by molar-refractivity contribution is 5.82. The molecule has 1 saturated carbocycles. The number of aromatic nitrogens is 2. The van der Waals surface area contributed by atoms with Crippen molar-refractivity contribution in [3.05, 3.63) is 64.5 Å². The number of carboxylic acid groups (broad SMARTS) is 1. The Hall–Kier alpha value is -3.49. The molecule has 1 aromatic heterocycles. The van der Waals surface area contributed by atoms with Crippen molar-refractivity contribution in [1.82, 2.24) is 14.5 Å². The summed E-state index contributed by atoms with van der Waals surface area (Å²) in [7, 11) is 1.37. The highest BCUT2D eigenvalue weighted by atomic mass is 19.2. The first-order valence-electron chi connectivity index (χ1n) is 12.8. The van der Waals surface area contributed by atoms with E-state index in [1.165, 1.54) is 13.2 Å². The maximum atomic E-state index is 14.0. The van der Waals surface area contributed by atoms with Gasteiger partial charge >= 0.3 is 12.1 Å². The summed E-state index contributed by atoms with van der Waals surface area (Å²) in [4.78, 5) is 30.8. The molecule has 7 nitrogen and oxygen atoms in total. The molecule has 196 valence electrons. The molecule has 1 aliphatic heterocycles. The number of aliphatic carboxylic acids is 1. The Balaban J connectivity index is 1.59. The third-order valence-corrected chi connectivity index (χ3v) is 7.94. The second kappa shape index (κ2) is 10.1. The third-order valence-electron chi connectivity index (χ3n) is 7.94. The van der Waals surface area contributed by atoms with E-state index in [-0.39, 0.29) is 17.9 Å². The van der Waals surface area contributed by atoms with Gasteiger partial charge in [-0.3, -0.25) is 4.79 Å². The fraction of sp³-hybridized carbons (Fsp3) is 0.464. The molecule has 2 heterocycles. The van der Waals surface area contributed by atoms with Crippen LogP contribution in [-0.2, 0) is 29.0 Å². The van der Waals surface area contributed by atoms with Gasteiger partial charge in [0, 0.05) is 24.6 Å². The predicted octanol–water partition coefficient (Wildman–Crippen LogP) is 5.60. The van der Waals surface area contributed by atoms with Crippen molar-refractivity contribution in [3.63, 3.8) is 0 Å². The first-order chi connectivity index (χ1) is 17.8. The minimum absolute atomic E-state index is 0.0321. The van der Waals surface area contributed by atoms with E-state index in [0.29, 0.717) is 44.5 Å². The second-order valence-electron chi connectivity index (χ2n) is 10.3. The summed E-state index contributed by atoms with van der Waals surface area (Å²) in [5, 5.41) is 9.67. The topological polar surface area (TPSA) is 84.7 Å². The van der Waals surface area contributed by atoms with Crippen LogP contribution in [0.4, 0.5) is 13.6 Å². The lowest BCUT2D eigenvalue weighted by molar-refractivity contribution is -0.143. The van der Waals surface area contributed by atoms with Gasteiger partial charge in [0.2, 0.25) is 0 Å². The average Bonchev–Trinajstić information content (AvgIpc) is 3.28. The maximum absolute atomic E-state index is 14.0. The van der Waals surface area contributed by atoms with Crippen LogP contribution in [0.1, 0.15) is 67.0 Å². The highest BCUT2D eigenvalue weighted by Crippen LogP contribution is 2.39. The lowest BCUT2D eigenvalue weighted by atomic mass is 9.81. The van der Waals surface area contributed by atoms with Gasteiger partial charge in [-0.2, -0.15) is 0 Å². The van der Waals surface area contributed by atoms with Crippen molar-refractivity contribution >= 4 is 23.1 Å². The third kappa shape index (κ3) is 4.79. The number of hydrogen-bond acceptors (Lipinski definition) is 4. The van der Waals surface area contributed by atoms with Crippen LogP contribution in [0.2, 0.25) is 0 Å². The number of carbonyl (C=O) groups is 2. The molecule has 1 N–H and O–H groups in total. The van der Waals surface area contributed by atoms with Gasteiger partial charge in [0.25, 0.3) is 0 Å². The molecule has 0 spiro atoms. The first kappa shape index (κ1) is 25.2. The SMILES string of the molecule is COC(=O)N1CCc2ccc3c(nc([C@@H]4CCC[C@@H](C(=O)O)C4)n3C[C@@H](C)c3ccc(F)c(F)c3)c2C1. The van der Waals surface area contributed by atoms with Gasteiger partial charge in [0.1, 0.15) is 5.82 Å². The van der Waals surface area contributed by atoms with Crippen molar-refractivity contribution in [3.8, 4) is 0 Å². The normalized spacial score (nSPS) is 20.5. The Kier molecular flexibility index (Phi) is 6.88. The number of hydrogen-bond donors (Lipinski definition) is 1. The number of imidazole rings is 1. The number of rotatable bonds is 5. The number of ether oxygens (including phenoxy) is 1. The Labute approximate surface area is 214 Å². The fourth-order valence-corrected chi connectivity index (χ4v) is 5.88. The lowest BCUT2D eigenvalue weighted by Crippen LogP contribution is -2.35. The van der Waals surface area contributed by atoms with Crippen molar-refractivity contribution in [2.24, 2.45) is 5.92 Å². The zero-order valence-corrected chi connectivity index (χ0v) is 21.0. The van der Waals surface area contributed by atoms with Gasteiger partial charge in [-0.1, -0.05) is 25.5 Å². The fourth-order valence-electron chi connectivity index (χ4n) is 5.88. The van der Waals surface area contributed by atoms with Crippen molar-refractivity contribution in [2.75, 3.05) is 13.7 Å². The molecule has 1 amide bonds. The van der Waals surface area contributed by atoms with E-state index >= 15 is 0 Å². The molecule has 5 rings (SSSR count). The number of carboxylic acids is 1. The molecule has 0 saturated heterocycles. The summed E-state index contributed by atoms with van der Waals surface area (Å²) in [6.07, 6.45) is 3.11. The summed E-state index contributed by atoms with van der Waals surface area (Å²) < 4.78 is 34.6. The van der Waals surface area contributed by atoms with Crippen molar-refractivity contribution in [2.45, 2.75) is 64.0 Å². The van der Waals surface area contributed by atoms with Crippen LogP contribution >= 0.6 is 0 Å². The van der Waals surface area contributed by atoms with E-state index in [0.717, 1.165) is 46.9 Å². The quantitative estimate of drug-likeness (QED) is 0.482. The van der Waals surface area contributed by atoms with Crippen LogP contribution in [0.15, 0.2) is 30.3 Å². The largest absolute Gasteiger partial charge is 0.481 e. The molecule has 9 heteroatoms. The zero-order chi connectivity index (χ0) is 26.3. The number of nitrogens with zero attached hydrogens (tertiary/aromatic N) is 3. The lowest BCUT2D eigenvalue weighted by Gasteiger charge is -2.28.